The topological polar surface area (TPSA) is 38.0 Å². The van der Waals surface area contributed by atoms with Gasteiger partial charge in [-0.2, -0.15) is 0 Å². The molecule has 2 aliphatic carbocycles. The standard InChI is InChI=1S/C15H30N2/c1-13(2)12(14(13,3)4)10-17-9-8-15(11-16)6-5-7-15/h12,17H,5-11,16H2,1-4H3. The molecule has 2 nitrogen and oxygen atoms in total. The molecule has 0 radical (unpaired) electrons. The first-order valence-corrected chi connectivity index (χ1v) is 7.27. The summed E-state index contributed by atoms with van der Waals surface area (Å²) < 4.78 is 0. The van der Waals surface area contributed by atoms with Gasteiger partial charge in [-0.25, -0.2) is 0 Å². The summed E-state index contributed by atoms with van der Waals surface area (Å²) in [6, 6.07) is 0. The normalized spacial score (nSPS) is 28.8. The highest BCUT2D eigenvalue weighted by atomic mass is 14.9. The summed E-state index contributed by atoms with van der Waals surface area (Å²) in [5.41, 5.74) is 7.41. The van der Waals surface area contributed by atoms with Crippen molar-refractivity contribution in [2.24, 2.45) is 27.9 Å². The zero-order valence-electron chi connectivity index (χ0n) is 12.1. The first kappa shape index (κ1) is 13.4. The van der Waals surface area contributed by atoms with Crippen LogP contribution in [-0.4, -0.2) is 19.6 Å². The van der Waals surface area contributed by atoms with Crippen molar-refractivity contribution in [2.75, 3.05) is 19.6 Å². The van der Waals surface area contributed by atoms with Gasteiger partial charge in [-0.3, -0.25) is 0 Å². The predicted molar refractivity (Wildman–Crippen MR) is 73.9 cm³/mol. The Hall–Kier alpha value is -0.0800. The van der Waals surface area contributed by atoms with E-state index in [0.717, 1.165) is 19.0 Å². The van der Waals surface area contributed by atoms with Crippen LogP contribution in [-0.2, 0) is 0 Å². The largest absolute Gasteiger partial charge is 0.330 e. The van der Waals surface area contributed by atoms with E-state index in [1.165, 1.54) is 32.2 Å². The minimum Gasteiger partial charge on any atom is -0.330 e. The fourth-order valence-corrected chi connectivity index (χ4v) is 3.68. The number of rotatable bonds is 6. The van der Waals surface area contributed by atoms with E-state index in [-0.39, 0.29) is 0 Å². The van der Waals surface area contributed by atoms with Crippen LogP contribution >= 0.6 is 0 Å². The van der Waals surface area contributed by atoms with E-state index < -0.39 is 0 Å². The fraction of sp³-hybridized carbons (Fsp3) is 1.00. The van der Waals surface area contributed by atoms with E-state index in [1.54, 1.807) is 0 Å². The number of hydrogen-bond donors (Lipinski definition) is 2. The van der Waals surface area contributed by atoms with E-state index in [9.17, 15) is 0 Å². The van der Waals surface area contributed by atoms with E-state index in [2.05, 4.69) is 33.0 Å². The summed E-state index contributed by atoms with van der Waals surface area (Å²) in [6.07, 6.45) is 5.37. The maximum Gasteiger partial charge on any atom is -0.000988 e. The van der Waals surface area contributed by atoms with Crippen LogP contribution in [0.5, 0.6) is 0 Å². The lowest BCUT2D eigenvalue weighted by Gasteiger charge is -2.41. The van der Waals surface area contributed by atoms with Crippen LogP contribution in [0, 0.1) is 22.2 Å². The summed E-state index contributed by atoms with van der Waals surface area (Å²) in [4.78, 5) is 0. The summed E-state index contributed by atoms with van der Waals surface area (Å²) >= 11 is 0. The Balaban J connectivity index is 1.65. The average Bonchev–Trinajstić information content (AvgIpc) is 2.57. The molecule has 2 fully saturated rings. The Morgan fingerprint density at radius 2 is 1.71 bits per heavy atom. The predicted octanol–water partition coefficient (Wildman–Crippen LogP) is 2.78. The Kier molecular flexibility index (Phi) is 3.33. The molecule has 17 heavy (non-hydrogen) atoms. The van der Waals surface area contributed by atoms with Gasteiger partial charge in [0.2, 0.25) is 0 Å². The van der Waals surface area contributed by atoms with Gasteiger partial charge in [0.1, 0.15) is 0 Å². The summed E-state index contributed by atoms with van der Waals surface area (Å²) in [5, 5.41) is 3.66. The maximum absolute atomic E-state index is 5.88. The van der Waals surface area contributed by atoms with Crippen LogP contribution in [0.4, 0.5) is 0 Å². The van der Waals surface area contributed by atoms with Crippen molar-refractivity contribution in [3.8, 4) is 0 Å². The first-order valence-electron chi connectivity index (χ1n) is 7.27. The lowest BCUT2D eigenvalue weighted by atomic mass is 9.67. The molecule has 0 unspecified atom stereocenters. The molecule has 2 aliphatic rings. The molecule has 0 amide bonds. The smallest absolute Gasteiger partial charge is 0.000988 e. The number of nitrogens with one attached hydrogen (secondary N) is 1. The Morgan fingerprint density at radius 1 is 1.12 bits per heavy atom. The minimum atomic E-state index is 0.502. The molecule has 2 saturated carbocycles. The van der Waals surface area contributed by atoms with Crippen LogP contribution in [0.3, 0.4) is 0 Å². The molecule has 0 atom stereocenters. The van der Waals surface area contributed by atoms with Crippen molar-refractivity contribution in [1.82, 2.24) is 5.32 Å². The molecule has 0 aromatic carbocycles. The SMILES string of the molecule is CC1(C)C(CNCCC2(CN)CCC2)C1(C)C. The second-order valence-corrected chi connectivity index (χ2v) is 7.51. The van der Waals surface area contributed by atoms with E-state index >= 15 is 0 Å². The molecular formula is C15H30N2. The van der Waals surface area contributed by atoms with Gasteiger partial charge in [-0.05, 0) is 61.1 Å². The summed E-state index contributed by atoms with van der Waals surface area (Å²) in [6.45, 7) is 12.8. The highest BCUT2D eigenvalue weighted by Crippen LogP contribution is 2.67. The van der Waals surface area contributed by atoms with Crippen molar-refractivity contribution in [2.45, 2.75) is 53.4 Å². The molecule has 0 bridgehead atoms. The van der Waals surface area contributed by atoms with Gasteiger partial charge >= 0.3 is 0 Å². The molecular weight excluding hydrogens is 208 g/mol. The third-order valence-corrected chi connectivity index (χ3v) is 6.35. The Bertz CT molecular complexity index is 257. The second-order valence-electron chi connectivity index (χ2n) is 7.51. The highest BCUT2D eigenvalue weighted by Gasteiger charge is 2.63. The van der Waals surface area contributed by atoms with Crippen LogP contribution < -0.4 is 11.1 Å². The molecule has 0 aliphatic heterocycles. The van der Waals surface area contributed by atoms with Crippen molar-refractivity contribution in [3.63, 3.8) is 0 Å². The lowest BCUT2D eigenvalue weighted by molar-refractivity contribution is 0.130. The summed E-state index contributed by atoms with van der Waals surface area (Å²) in [5.74, 6) is 0.838. The molecule has 0 spiro atoms. The monoisotopic (exact) mass is 238 g/mol. The molecule has 0 aromatic heterocycles. The lowest BCUT2D eigenvalue weighted by Crippen LogP contribution is -2.40. The van der Waals surface area contributed by atoms with Gasteiger partial charge in [0.15, 0.2) is 0 Å². The van der Waals surface area contributed by atoms with Crippen LogP contribution in [0.2, 0.25) is 0 Å². The molecule has 0 heterocycles. The third kappa shape index (κ3) is 2.15. The van der Waals surface area contributed by atoms with Gasteiger partial charge in [-0.1, -0.05) is 34.1 Å². The van der Waals surface area contributed by atoms with Crippen LogP contribution in [0.25, 0.3) is 0 Å². The second kappa shape index (κ2) is 4.24. The number of hydrogen-bond acceptors (Lipinski definition) is 2. The Morgan fingerprint density at radius 3 is 2.06 bits per heavy atom. The van der Waals surface area contributed by atoms with Gasteiger partial charge in [-0.15, -0.1) is 0 Å². The molecule has 0 saturated heterocycles. The minimum absolute atomic E-state index is 0.502. The third-order valence-electron chi connectivity index (χ3n) is 6.35. The summed E-state index contributed by atoms with van der Waals surface area (Å²) in [7, 11) is 0. The average molecular weight is 238 g/mol. The van der Waals surface area contributed by atoms with Gasteiger partial charge in [0.25, 0.3) is 0 Å². The van der Waals surface area contributed by atoms with E-state index in [0.29, 0.717) is 16.2 Å². The molecule has 100 valence electrons. The van der Waals surface area contributed by atoms with E-state index in [4.69, 9.17) is 5.73 Å². The molecule has 3 N–H and O–H groups in total. The zero-order valence-corrected chi connectivity index (χ0v) is 12.1. The zero-order chi connectivity index (χ0) is 12.7. The fourth-order valence-electron chi connectivity index (χ4n) is 3.68. The maximum atomic E-state index is 5.88. The van der Waals surface area contributed by atoms with Crippen molar-refractivity contribution < 1.29 is 0 Å². The van der Waals surface area contributed by atoms with Crippen LogP contribution in [0.1, 0.15) is 53.4 Å². The molecule has 2 heteroatoms. The van der Waals surface area contributed by atoms with Gasteiger partial charge in [0.05, 0.1) is 0 Å². The van der Waals surface area contributed by atoms with Crippen molar-refractivity contribution >= 4 is 0 Å². The highest BCUT2D eigenvalue weighted by molar-refractivity contribution is 5.12. The molecule has 2 rings (SSSR count). The first-order chi connectivity index (χ1) is 7.86. The van der Waals surface area contributed by atoms with Gasteiger partial charge in [0, 0.05) is 0 Å². The van der Waals surface area contributed by atoms with E-state index in [1.807, 2.05) is 0 Å². The number of nitrogens with two attached hydrogens (primary N) is 1. The quantitative estimate of drug-likeness (QED) is 0.698. The van der Waals surface area contributed by atoms with Gasteiger partial charge < -0.3 is 11.1 Å². The van der Waals surface area contributed by atoms with Crippen molar-refractivity contribution in [3.05, 3.63) is 0 Å². The van der Waals surface area contributed by atoms with Crippen LogP contribution in [0.15, 0.2) is 0 Å². The Labute approximate surface area is 107 Å². The van der Waals surface area contributed by atoms with Crippen molar-refractivity contribution in [1.29, 1.82) is 0 Å². The molecule has 0 aromatic rings.